The molecule has 5 rings (SSSR count). The molecule has 0 radical (unpaired) electrons. The molecule has 0 spiro atoms. The summed E-state index contributed by atoms with van der Waals surface area (Å²) in [5.74, 6) is 1.27. The number of benzene rings is 1. The second-order valence-corrected chi connectivity index (χ2v) is 9.45. The zero-order valence-corrected chi connectivity index (χ0v) is 18.2. The highest BCUT2D eigenvalue weighted by Crippen LogP contribution is 2.52. The molecule has 1 aromatic rings. The van der Waals surface area contributed by atoms with Gasteiger partial charge in [-0.3, -0.25) is 19.5 Å². The van der Waals surface area contributed by atoms with E-state index in [9.17, 15) is 9.59 Å². The van der Waals surface area contributed by atoms with E-state index in [-0.39, 0.29) is 40.9 Å². The fraction of sp³-hybridized carbons (Fsp3) is 0.560. The van der Waals surface area contributed by atoms with Gasteiger partial charge >= 0.3 is 0 Å². The SMILES string of the molecule is CCNC(=NCC1(c2ccccc2)CC1)NCCCN1C(=O)C2C3C=CC(C3)C2C1=O. The Morgan fingerprint density at radius 1 is 1.06 bits per heavy atom. The summed E-state index contributed by atoms with van der Waals surface area (Å²) in [7, 11) is 0. The van der Waals surface area contributed by atoms with Crippen molar-refractivity contribution in [3.63, 3.8) is 0 Å². The van der Waals surface area contributed by atoms with E-state index in [1.807, 2.05) is 0 Å². The lowest BCUT2D eigenvalue weighted by Crippen LogP contribution is -2.40. The highest BCUT2D eigenvalue weighted by atomic mass is 16.2. The van der Waals surface area contributed by atoms with Crippen LogP contribution in [0.25, 0.3) is 0 Å². The number of guanidine groups is 1. The molecule has 3 aliphatic carbocycles. The van der Waals surface area contributed by atoms with Crippen LogP contribution in [-0.4, -0.2) is 48.9 Å². The molecule has 2 bridgehead atoms. The maximum atomic E-state index is 12.8. The number of rotatable bonds is 8. The third-order valence-corrected chi connectivity index (χ3v) is 7.54. The van der Waals surface area contributed by atoms with Gasteiger partial charge in [-0.1, -0.05) is 42.5 Å². The molecular formula is C25H32N4O2. The molecule has 4 aliphatic rings. The van der Waals surface area contributed by atoms with E-state index >= 15 is 0 Å². The van der Waals surface area contributed by atoms with Gasteiger partial charge in [-0.05, 0) is 50.0 Å². The number of likely N-dealkylation sites (tertiary alicyclic amines) is 1. The van der Waals surface area contributed by atoms with Crippen molar-refractivity contribution in [1.82, 2.24) is 15.5 Å². The number of nitrogens with one attached hydrogen (secondary N) is 2. The minimum absolute atomic E-state index is 0.0472. The largest absolute Gasteiger partial charge is 0.357 e. The first kappa shape index (κ1) is 20.3. The quantitative estimate of drug-likeness (QED) is 0.223. The molecule has 1 aliphatic heterocycles. The van der Waals surface area contributed by atoms with E-state index in [2.05, 4.69) is 60.0 Å². The fourth-order valence-corrected chi connectivity index (χ4v) is 5.68. The van der Waals surface area contributed by atoms with Gasteiger partial charge in [0.1, 0.15) is 0 Å². The first-order valence-corrected chi connectivity index (χ1v) is 11.7. The Bertz CT molecular complexity index is 875. The maximum absolute atomic E-state index is 12.8. The third kappa shape index (κ3) is 3.66. The van der Waals surface area contributed by atoms with Crippen LogP contribution in [0.3, 0.4) is 0 Å². The van der Waals surface area contributed by atoms with Crippen LogP contribution < -0.4 is 10.6 Å². The number of hydrogen-bond acceptors (Lipinski definition) is 3. The van der Waals surface area contributed by atoms with Crippen molar-refractivity contribution in [2.24, 2.45) is 28.7 Å². The van der Waals surface area contributed by atoms with E-state index < -0.39 is 0 Å². The standard InChI is InChI=1S/C25H32N4O2/c1-2-26-24(28-16-25(11-12-25)19-7-4-3-5-8-19)27-13-6-14-29-22(30)20-17-9-10-18(15-17)21(20)23(29)31/h3-5,7-10,17-18,20-21H,2,6,11-16H2,1H3,(H2,26,27,28). The Kier molecular flexibility index (Phi) is 5.32. The molecule has 1 aromatic carbocycles. The molecule has 3 fully saturated rings. The molecule has 0 aromatic heterocycles. The van der Waals surface area contributed by atoms with Gasteiger partial charge in [0.2, 0.25) is 11.8 Å². The van der Waals surface area contributed by atoms with Gasteiger partial charge in [-0.2, -0.15) is 0 Å². The predicted molar refractivity (Wildman–Crippen MR) is 120 cm³/mol. The van der Waals surface area contributed by atoms with E-state index in [4.69, 9.17) is 4.99 Å². The van der Waals surface area contributed by atoms with E-state index in [1.54, 1.807) is 0 Å². The number of carbonyl (C=O) groups excluding carboxylic acids is 2. The van der Waals surface area contributed by atoms with Crippen molar-refractivity contribution in [3.05, 3.63) is 48.0 Å². The first-order chi connectivity index (χ1) is 15.1. The summed E-state index contributed by atoms with van der Waals surface area (Å²) in [6.45, 7) is 4.80. The topological polar surface area (TPSA) is 73.8 Å². The van der Waals surface area contributed by atoms with Gasteiger partial charge in [-0.15, -0.1) is 0 Å². The number of hydrogen-bond donors (Lipinski definition) is 2. The predicted octanol–water partition coefficient (Wildman–Crippen LogP) is 2.47. The Labute approximate surface area is 184 Å². The van der Waals surface area contributed by atoms with Gasteiger partial charge in [0.05, 0.1) is 18.4 Å². The minimum Gasteiger partial charge on any atom is -0.357 e. The number of nitrogens with zero attached hydrogens (tertiary/aromatic N) is 2. The molecule has 4 atom stereocenters. The highest BCUT2D eigenvalue weighted by Gasteiger charge is 2.58. The first-order valence-electron chi connectivity index (χ1n) is 11.7. The summed E-state index contributed by atoms with van der Waals surface area (Å²) in [5.41, 5.74) is 1.55. The number of allylic oxidation sites excluding steroid dienone is 2. The van der Waals surface area contributed by atoms with Gasteiger partial charge < -0.3 is 10.6 Å². The Morgan fingerprint density at radius 2 is 1.74 bits per heavy atom. The number of imide groups is 1. The summed E-state index contributed by atoms with van der Waals surface area (Å²) < 4.78 is 0. The van der Waals surface area contributed by atoms with Crippen LogP contribution in [0.1, 0.15) is 38.2 Å². The van der Waals surface area contributed by atoms with Gasteiger partial charge in [0.15, 0.2) is 5.96 Å². The van der Waals surface area contributed by atoms with E-state index in [1.165, 1.54) is 23.3 Å². The van der Waals surface area contributed by atoms with Crippen LogP contribution in [0.2, 0.25) is 0 Å². The van der Waals surface area contributed by atoms with Gasteiger partial charge in [0.25, 0.3) is 0 Å². The normalized spacial score (nSPS) is 30.1. The lowest BCUT2D eigenvalue weighted by molar-refractivity contribution is -0.140. The van der Waals surface area contributed by atoms with Crippen molar-refractivity contribution in [2.45, 2.75) is 38.0 Å². The van der Waals surface area contributed by atoms with Crippen LogP contribution in [0.4, 0.5) is 0 Å². The maximum Gasteiger partial charge on any atom is 0.233 e. The number of carbonyl (C=O) groups is 2. The molecule has 164 valence electrons. The van der Waals surface area contributed by atoms with Crippen LogP contribution in [0.5, 0.6) is 0 Å². The Balaban J connectivity index is 1.13. The molecule has 2 saturated carbocycles. The fourth-order valence-electron chi connectivity index (χ4n) is 5.68. The molecule has 1 heterocycles. The van der Waals surface area contributed by atoms with Crippen molar-refractivity contribution in [2.75, 3.05) is 26.2 Å². The summed E-state index contributed by atoms with van der Waals surface area (Å²) in [6, 6.07) is 10.6. The van der Waals surface area contributed by atoms with E-state index in [0.29, 0.717) is 13.1 Å². The highest BCUT2D eigenvalue weighted by molar-refractivity contribution is 6.06. The van der Waals surface area contributed by atoms with Crippen LogP contribution >= 0.6 is 0 Å². The molecule has 2 N–H and O–H groups in total. The molecule has 6 nitrogen and oxygen atoms in total. The number of amides is 2. The monoisotopic (exact) mass is 420 g/mol. The Morgan fingerprint density at radius 3 is 2.35 bits per heavy atom. The second kappa shape index (κ2) is 8.13. The summed E-state index contributed by atoms with van der Waals surface area (Å²) in [6.07, 6.45) is 8.35. The van der Waals surface area contributed by atoms with Crippen LogP contribution in [0, 0.1) is 23.7 Å². The van der Waals surface area contributed by atoms with Crippen molar-refractivity contribution in [1.29, 1.82) is 0 Å². The summed E-state index contributed by atoms with van der Waals surface area (Å²) in [4.78, 5) is 31.9. The number of fused-ring (bicyclic) bond motifs is 5. The van der Waals surface area contributed by atoms with Crippen molar-refractivity contribution >= 4 is 17.8 Å². The van der Waals surface area contributed by atoms with E-state index in [0.717, 1.165) is 31.9 Å². The van der Waals surface area contributed by atoms with Crippen LogP contribution in [0.15, 0.2) is 47.5 Å². The smallest absolute Gasteiger partial charge is 0.233 e. The minimum atomic E-state index is -0.0953. The van der Waals surface area contributed by atoms with Crippen molar-refractivity contribution < 1.29 is 9.59 Å². The lowest BCUT2D eigenvalue weighted by atomic mass is 9.85. The zero-order chi connectivity index (χ0) is 21.4. The summed E-state index contributed by atoms with van der Waals surface area (Å²) >= 11 is 0. The van der Waals surface area contributed by atoms with Crippen molar-refractivity contribution in [3.8, 4) is 0 Å². The van der Waals surface area contributed by atoms with Gasteiger partial charge in [-0.25, -0.2) is 0 Å². The molecule has 2 amide bonds. The Hall–Kier alpha value is -2.63. The van der Waals surface area contributed by atoms with Gasteiger partial charge in [0, 0.05) is 25.0 Å². The third-order valence-electron chi connectivity index (χ3n) is 7.54. The number of aliphatic imine (C=N–C) groups is 1. The average Bonchev–Trinajstić information content (AvgIpc) is 3.17. The average molecular weight is 421 g/mol. The molecule has 4 unspecified atom stereocenters. The molecular weight excluding hydrogens is 388 g/mol. The second-order valence-electron chi connectivity index (χ2n) is 9.45. The van der Waals surface area contributed by atoms with Crippen LogP contribution in [-0.2, 0) is 15.0 Å². The summed E-state index contributed by atoms with van der Waals surface area (Å²) in [5, 5.41) is 6.70. The zero-order valence-electron chi connectivity index (χ0n) is 18.2. The molecule has 6 heteroatoms. The molecule has 1 saturated heterocycles. The molecule has 31 heavy (non-hydrogen) atoms. The lowest BCUT2D eigenvalue weighted by Gasteiger charge is -2.18.